The summed E-state index contributed by atoms with van der Waals surface area (Å²) in [5, 5.41) is 2.82. The van der Waals surface area contributed by atoms with E-state index in [1.54, 1.807) is 12.1 Å². The number of nitrogen functional groups attached to an aromatic ring is 1. The third kappa shape index (κ3) is 4.95. The lowest BCUT2D eigenvalue weighted by Crippen LogP contribution is -2.13. The van der Waals surface area contributed by atoms with Crippen LogP contribution in [0.2, 0.25) is 0 Å². The van der Waals surface area contributed by atoms with Crippen molar-refractivity contribution in [2.75, 3.05) is 17.3 Å². The highest BCUT2D eigenvalue weighted by molar-refractivity contribution is 7.89. The molecule has 0 unspecified atom stereocenters. The van der Waals surface area contributed by atoms with E-state index in [-0.39, 0.29) is 17.3 Å². The first kappa shape index (κ1) is 18.7. The van der Waals surface area contributed by atoms with E-state index in [0.717, 1.165) is 17.4 Å². The summed E-state index contributed by atoms with van der Waals surface area (Å²) in [6.45, 7) is 0. The van der Waals surface area contributed by atoms with Crippen molar-refractivity contribution >= 4 is 27.1 Å². The number of carbonyl (C=O) groups excluding carboxylic acids is 1. The van der Waals surface area contributed by atoms with Crippen LogP contribution in [0.5, 0.6) is 0 Å². The molecular formula is C21H20N2O3S. The second-order valence-corrected chi connectivity index (χ2v) is 8.52. The molecule has 0 spiro atoms. The lowest BCUT2D eigenvalue weighted by atomic mass is 10.1. The van der Waals surface area contributed by atoms with E-state index in [1.807, 2.05) is 54.6 Å². The highest BCUT2D eigenvalue weighted by Gasteiger charge is 2.12. The molecule has 0 aliphatic rings. The summed E-state index contributed by atoms with van der Waals surface area (Å²) >= 11 is 0. The van der Waals surface area contributed by atoms with Crippen molar-refractivity contribution in [3.63, 3.8) is 0 Å². The van der Waals surface area contributed by atoms with E-state index in [0.29, 0.717) is 16.8 Å². The second kappa shape index (κ2) is 7.63. The van der Waals surface area contributed by atoms with Gasteiger partial charge in [0, 0.05) is 23.2 Å². The molecule has 138 valence electrons. The Kier molecular flexibility index (Phi) is 5.28. The smallest absolute Gasteiger partial charge is 0.255 e. The Balaban J connectivity index is 1.73. The molecule has 0 heterocycles. The molecule has 6 heteroatoms. The molecule has 0 aromatic heterocycles. The van der Waals surface area contributed by atoms with Crippen LogP contribution < -0.4 is 11.1 Å². The van der Waals surface area contributed by atoms with Gasteiger partial charge in [0.25, 0.3) is 5.91 Å². The lowest BCUT2D eigenvalue weighted by Gasteiger charge is -2.09. The molecule has 0 aliphatic heterocycles. The van der Waals surface area contributed by atoms with Crippen LogP contribution in [0.15, 0.2) is 72.8 Å². The number of nitrogens with two attached hydrogens (primary N) is 1. The van der Waals surface area contributed by atoms with Crippen LogP contribution in [-0.2, 0) is 15.6 Å². The Hall–Kier alpha value is -3.12. The molecule has 27 heavy (non-hydrogen) atoms. The van der Waals surface area contributed by atoms with Gasteiger partial charge in [0.05, 0.1) is 5.75 Å². The second-order valence-electron chi connectivity index (χ2n) is 6.38. The molecule has 5 nitrogen and oxygen atoms in total. The highest BCUT2D eigenvalue weighted by atomic mass is 32.2. The van der Waals surface area contributed by atoms with E-state index in [4.69, 9.17) is 5.73 Å². The van der Waals surface area contributed by atoms with Crippen molar-refractivity contribution in [2.24, 2.45) is 0 Å². The van der Waals surface area contributed by atoms with Crippen LogP contribution in [-0.4, -0.2) is 20.6 Å². The fraction of sp³-hybridized carbons (Fsp3) is 0.0952. The molecule has 3 aromatic carbocycles. The number of hydrogen-bond donors (Lipinski definition) is 2. The number of sulfone groups is 1. The third-order valence-corrected chi connectivity index (χ3v) is 4.91. The van der Waals surface area contributed by atoms with Crippen LogP contribution in [0.4, 0.5) is 11.4 Å². The van der Waals surface area contributed by atoms with Crippen LogP contribution in [0.3, 0.4) is 0 Å². The molecule has 3 N–H and O–H groups in total. The predicted octanol–water partition coefficient (Wildman–Crippen LogP) is 3.73. The topological polar surface area (TPSA) is 89.3 Å². The molecule has 0 radical (unpaired) electrons. The molecule has 3 rings (SSSR count). The molecule has 0 saturated carbocycles. The molecule has 1 amide bonds. The summed E-state index contributed by atoms with van der Waals surface area (Å²) in [5.74, 6) is -0.457. The van der Waals surface area contributed by atoms with E-state index in [1.165, 1.54) is 6.07 Å². The van der Waals surface area contributed by atoms with Crippen molar-refractivity contribution in [3.05, 3.63) is 83.9 Å². The van der Waals surface area contributed by atoms with Gasteiger partial charge in [-0.25, -0.2) is 8.42 Å². The third-order valence-electron chi connectivity index (χ3n) is 4.08. The summed E-state index contributed by atoms with van der Waals surface area (Å²) in [4.78, 5) is 12.4. The number of amides is 1. The van der Waals surface area contributed by atoms with Crippen LogP contribution in [0.25, 0.3) is 11.1 Å². The minimum atomic E-state index is -3.19. The van der Waals surface area contributed by atoms with Gasteiger partial charge in [-0.3, -0.25) is 4.79 Å². The van der Waals surface area contributed by atoms with Gasteiger partial charge >= 0.3 is 0 Å². The average Bonchev–Trinajstić information content (AvgIpc) is 2.63. The SMILES string of the molecule is CS(=O)(=O)Cc1ccc(C(=O)Nc2ccc(-c3ccccc3)cc2)cc1N. The molecule has 3 aromatic rings. The zero-order valence-electron chi connectivity index (χ0n) is 14.8. The standard InChI is InChI=1S/C21H20N2O3S/c1-27(25,26)14-18-8-7-17(13-20(18)22)21(24)23-19-11-9-16(10-12-19)15-5-3-2-4-6-15/h2-13H,14,22H2,1H3,(H,23,24). The van der Waals surface area contributed by atoms with Gasteiger partial charge in [-0.2, -0.15) is 0 Å². The van der Waals surface area contributed by atoms with Gasteiger partial charge in [-0.05, 0) is 41.0 Å². The molecule has 0 atom stereocenters. The lowest BCUT2D eigenvalue weighted by molar-refractivity contribution is 0.102. The quantitative estimate of drug-likeness (QED) is 0.660. The number of carbonyl (C=O) groups is 1. The Morgan fingerprint density at radius 1 is 0.926 bits per heavy atom. The van der Waals surface area contributed by atoms with E-state index < -0.39 is 9.84 Å². The Bertz CT molecular complexity index is 1060. The summed E-state index contributed by atoms with van der Waals surface area (Å²) in [5.41, 5.74) is 9.87. The Morgan fingerprint density at radius 2 is 1.56 bits per heavy atom. The van der Waals surface area contributed by atoms with Crippen LogP contribution in [0.1, 0.15) is 15.9 Å². The maximum absolute atomic E-state index is 12.4. The van der Waals surface area contributed by atoms with Crippen molar-refractivity contribution in [1.29, 1.82) is 0 Å². The molecular weight excluding hydrogens is 360 g/mol. The van der Waals surface area contributed by atoms with Crippen LogP contribution >= 0.6 is 0 Å². The number of hydrogen-bond acceptors (Lipinski definition) is 4. The van der Waals surface area contributed by atoms with Gasteiger partial charge in [0.15, 0.2) is 9.84 Å². The highest BCUT2D eigenvalue weighted by Crippen LogP contribution is 2.22. The summed E-state index contributed by atoms with van der Waals surface area (Å²) < 4.78 is 22.8. The van der Waals surface area contributed by atoms with E-state index >= 15 is 0 Å². The maximum atomic E-state index is 12.4. The predicted molar refractivity (Wildman–Crippen MR) is 109 cm³/mol. The van der Waals surface area contributed by atoms with Crippen molar-refractivity contribution in [1.82, 2.24) is 0 Å². The summed E-state index contributed by atoms with van der Waals surface area (Å²) in [6.07, 6.45) is 1.15. The normalized spacial score (nSPS) is 11.1. The zero-order chi connectivity index (χ0) is 19.4. The average molecular weight is 380 g/mol. The minimum absolute atomic E-state index is 0.151. The first-order chi connectivity index (χ1) is 12.8. The van der Waals surface area contributed by atoms with Crippen molar-refractivity contribution in [3.8, 4) is 11.1 Å². The van der Waals surface area contributed by atoms with Crippen molar-refractivity contribution in [2.45, 2.75) is 5.75 Å². The van der Waals surface area contributed by atoms with E-state index in [2.05, 4.69) is 5.32 Å². The van der Waals surface area contributed by atoms with Gasteiger partial charge in [0.2, 0.25) is 0 Å². The monoisotopic (exact) mass is 380 g/mol. The fourth-order valence-corrected chi connectivity index (χ4v) is 3.56. The molecule has 0 saturated heterocycles. The largest absolute Gasteiger partial charge is 0.398 e. The minimum Gasteiger partial charge on any atom is -0.398 e. The maximum Gasteiger partial charge on any atom is 0.255 e. The Labute approximate surface area is 158 Å². The van der Waals surface area contributed by atoms with Crippen molar-refractivity contribution < 1.29 is 13.2 Å². The summed E-state index contributed by atoms with van der Waals surface area (Å²) in [6, 6.07) is 22.1. The van der Waals surface area contributed by atoms with Gasteiger partial charge in [-0.1, -0.05) is 48.5 Å². The number of rotatable bonds is 5. The molecule has 0 bridgehead atoms. The molecule has 0 fully saturated rings. The first-order valence-corrected chi connectivity index (χ1v) is 10.4. The zero-order valence-corrected chi connectivity index (χ0v) is 15.7. The van der Waals surface area contributed by atoms with Gasteiger partial charge in [0.1, 0.15) is 0 Å². The van der Waals surface area contributed by atoms with E-state index in [9.17, 15) is 13.2 Å². The number of nitrogens with one attached hydrogen (secondary N) is 1. The Morgan fingerprint density at radius 3 is 2.15 bits per heavy atom. The number of anilines is 2. The first-order valence-electron chi connectivity index (χ1n) is 8.35. The summed E-state index contributed by atoms with van der Waals surface area (Å²) in [7, 11) is -3.19. The number of benzene rings is 3. The van der Waals surface area contributed by atoms with Crippen LogP contribution in [0, 0.1) is 0 Å². The molecule has 0 aliphatic carbocycles. The van der Waals surface area contributed by atoms with Gasteiger partial charge in [-0.15, -0.1) is 0 Å². The van der Waals surface area contributed by atoms with Gasteiger partial charge < -0.3 is 11.1 Å². The fourth-order valence-electron chi connectivity index (χ4n) is 2.73.